The van der Waals surface area contributed by atoms with Crippen molar-refractivity contribution in [3.63, 3.8) is 0 Å². The summed E-state index contributed by atoms with van der Waals surface area (Å²) in [5, 5.41) is 0. The Morgan fingerprint density at radius 3 is 2.39 bits per heavy atom. The normalized spacial score (nSPS) is 15.4. The highest BCUT2D eigenvalue weighted by molar-refractivity contribution is 5.97. The van der Waals surface area contributed by atoms with Crippen LogP contribution in [-0.2, 0) is 0 Å². The summed E-state index contributed by atoms with van der Waals surface area (Å²) in [6.45, 7) is 8.08. The molecule has 98 valence electrons. The van der Waals surface area contributed by atoms with Gasteiger partial charge in [-0.25, -0.2) is 0 Å². The number of Topliss-reactive ketones (excluding diaryl/α,β-unsaturated/α-hetero) is 1. The summed E-state index contributed by atoms with van der Waals surface area (Å²) < 4.78 is 0. The number of ketones is 1. The van der Waals surface area contributed by atoms with Crippen LogP contribution in [0.2, 0.25) is 0 Å². The first-order valence-electron chi connectivity index (χ1n) is 6.90. The minimum absolute atomic E-state index is 0.252. The molecule has 2 nitrogen and oxygen atoms in total. The Morgan fingerprint density at radius 2 is 1.89 bits per heavy atom. The molecule has 0 bridgehead atoms. The molecule has 0 saturated heterocycles. The van der Waals surface area contributed by atoms with Gasteiger partial charge in [0.15, 0.2) is 5.78 Å². The predicted octanol–water partition coefficient (Wildman–Crippen LogP) is 3.30. The van der Waals surface area contributed by atoms with Crippen molar-refractivity contribution in [3.8, 4) is 0 Å². The molecule has 0 amide bonds. The van der Waals surface area contributed by atoms with Gasteiger partial charge in [0.25, 0.3) is 0 Å². The van der Waals surface area contributed by atoms with E-state index in [4.69, 9.17) is 0 Å². The fourth-order valence-corrected chi connectivity index (χ4v) is 2.27. The zero-order valence-electron chi connectivity index (χ0n) is 11.6. The number of hydrogen-bond donors (Lipinski definition) is 0. The predicted molar refractivity (Wildman–Crippen MR) is 74.9 cm³/mol. The van der Waals surface area contributed by atoms with Crippen molar-refractivity contribution in [2.45, 2.75) is 39.7 Å². The quantitative estimate of drug-likeness (QED) is 0.717. The van der Waals surface area contributed by atoms with Gasteiger partial charge in [0.1, 0.15) is 0 Å². The highest BCUT2D eigenvalue weighted by Crippen LogP contribution is 2.27. The maximum atomic E-state index is 12.2. The van der Waals surface area contributed by atoms with Crippen LogP contribution < -0.4 is 0 Å². The number of carbonyl (C=O) groups excluding carboxylic acids is 1. The number of benzene rings is 1. The molecule has 0 N–H and O–H groups in total. The average molecular weight is 245 g/mol. The molecule has 0 heterocycles. The fraction of sp³-hybridized carbons (Fsp3) is 0.562. The lowest BCUT2D eigenvalue weighted by atomic mass is 10.1. The maximum Gasteiger partial charge on any atom is 0.176 e. The molecule has 1 aromatic carbocycles. The second-order valence-corrected chi connectivity index (χ2v) is 5.84. The molecular formula is C16H23NO. The Balaban J connectivity index is 1.98. The van der Waals surface area contributed by atoms with Gasteiger partial charge < -0.3 is 0 Å². The maximum absolute atomic E-state index is 12.2. The monoisotopic (exact) mass is 245 g/mol. The highest BCUT2D eigenvalue weighted by atomic mass is 16.1. The van der Waals surface area contributed by atoms with Crippen molar-refractivity contribution in [1.29, 1.82) is 0 Å². The van der Waals surface area contributed by atoms with Crippen LogP contribution in [0.5, 0.6) is 0 Å². The van der Waals surface area contributed by atoms with Gasteiger partial charge in [0.05, 0.1) is 6.54 Å². The molecular weight excluding hydrogens is 222 g/mol. The van der Waals surface area contributed by atoms with Crippen LogP contribution >= 0.6 is 0 Å². The third-order valence-corrected chi connectivity index (χ3v) is 3.38. The van der Waals surface area contributed by atoms with Crippen LogP contribution in [0.15, 0.2) is 24.3 Å². The third-order valence-electron chi connectivity index (χ3n) is 3.38. The first-order valence-corrected chi connectivity index (χ1v) is 6.90. The number of nitrogens with zero attached hydrogens (tertiary/aromatic N) is 1. The molecule has 0 spiro atoms. The zero-order valence-corrected chi connectivity index (χ0v) is 11.6. The van der Waals surface area contributed by atoms with Crippen LogP contribution in [0.25, 0.3) is 0 Å². The van der Waals surface area contributed by atoms with E-state index in [0.717, 1.165) is 12.1 Å². The Labute approximate surface area is 110 Å². The van der Waals surface area contributed by atoms with Crippen molar-refractivity contribution in [2.24, 2.45) is 5.92 Å². The molecule has 2 rings (SSSR count). The summed E-state index contributed by atoms with van der Waals surface area (Å²) >= 11 is 0. The Morgan fingerprint density at radius 1 is 1.28 bits per heavy atom. The van der Waals surface area contributed by atoms with E-state index in [2.05, 4.69) is 18.7 Å². The molecule has 18 heavy (non-hydrogen) atoms. The minimum Gasteiger partial charge on any atom is -0.293 e. The van der Waals surface area contributed by atoms with Crippen LogP contribution in [0.3, 0.4) is 0 Å². The first kappa shape index (κ1) is 13.3. The van der Waals surface area contributed by atoms with E-state index < -0.39 is 0 Å². The van der Waals surface area contributed by atoms with E-state index in [9.17, 15) is 4.79 Å². The van der Waals surface area contributed by atoms with Crippen LogP contribution in [0.4, 0.5) is 0 Å². The van der Waals surface area contributed by atoms with Crippen LogP contribution in [0, 0.1) is 12.8 Å². The van der Waals surface area contributed by atoms with Crippen LogP contribution in [-0.4, -0.2) is 29.8 Å². The Kier molecular flexibility index (Phi) is 4.18. The Bertz CT molecular complexity index is 404. The molecule has 2 heteroatoms. The van der Waals surface area contributed by atoms with Crippen molar-refractivity contribution in [2.75, 3.05) is 13.1 Å². The molecule has 1 aromatic rings. The van der Waals surface area contributed by atoms with Crippen molar-refractivity contribution in [1.82, 2.24) is 4.90 Å². The van der Waals surface area contributed by atoms with E-state index in [1.54, 1.807) is 0 Å². The van der Waals surface area contributed by atoms with E-state index in [1.165, 1.54) is 18.4 Å². The number of rotatable bonds is 6. The first-order chi connectivity index (χ1) is 8.56. The van der Waals surface area contributed by atoms with Crippen molar-refractivity contribution in [3.05, 3.63) is 35.4 Å². The molecule has 1 aliphatic rings. The van der Waals surface area contributed by atoms with Gasteiger partial charge in [-0.05, 0) is 25.7 Å². The number of aryl methyl sites for hydroxylation is 1. The second-order valence-electron chi connectivity index (χ2n) is 5.84. The summed E-state index contributed by atoms with van der Waals surface area (Å²) in [5.41, 5.74) is 2.04. The molecule has 0 radical (unpaired) electrons. The zero-order chi connectivity index (χ0) is 13.1. The standard InChI is InChI=1S/C16H23NO/c1-12(2)10-17(15-8-9-15)11-16(18)14-6-4-13(3)5-7-14/h4-7,12,15H,8-11H2,1-3H3. The summed E-state index contributed by atoms with van der Waals surface area (Å²) in [7, 11) is 0. The van der Waals surface area contributed by atoms with E-state index in [-0.39, 0.29) is 5.78 Å². The van der Waals surface area contributed by atoms with Gasteiger partial charge in [-0.2, -0.15) is 0 Å². The number of hydrogen-bond acceptors (Lipinski definition) is 2. The summed E-state index contributed by atoms with van der Waals surface area (Å²) in [6, 6.07) is 8.56. The van der Waals surface area contributed by atoms with E-state index >= 15 is 0 Å². The fourth-order valence-electron chi connectivity index (χ4n) is 2.27. The van der Waals surface area contributed by atoms with E-state index in [1.807, 2.05) is 31.2 Å². The molecule has 0 unspecified atom stereocenters. The van der Waals surface area contributed by atoms with Gasteiger partial charge in [-0.15, -0.1) is 0 Å². The number of carbonyl (C=O) groups is 1. The largest absolute Gasteiger partial charge is 0.293 e. The van der Waals surface area contributed by atoms with Crippen molar-refractivity contribution < 1.29 is 4.79 Å². The average Bonchev–Trinajstić information content (AvgIpc) is 3.12. The summed E-state index contributed by atoms with van der Waals surface area (Å²) in [5.74, 6) is 0.874. The highest BCUT2D eigenvalue weighted by Gasteiger charge is 2.30. The van der Waals surface area contributed by atoms with Gasteiger partial charge in [0.2, 0.25) is 0 Å². The topological polar surface area (TPSA) is 20.3 Å². The van der Waals surface area contributed by atoms with E-state index in [0.29, 0.717) is 18.5 Å². The van der Waals surface area contributed by atoms with Crippen molar-refractivity contribution >= 4 is 5.78 Å². The molecule has 1 aliphatic carbocycles. The van der Waals surface area contributed by atoms with Crippen LogP contribution in [0.1, 0.15) is 42.6 Å². The Hall–Kier alpha value is -1.15. The third kappa shape index (κ3) is 3.67. The van der Waals surface area contributed by atoms with Gasteiger partial charge in [-0.3, -0.25) is 9.69 Å². The summed E-state index contributed by atoms with van der Waals surface area (Å²) in [6.07, 6.45) is 2.52. The molecule has 1 fully saturated rings. The smallest absolute Gasteiger partial charge is 0.176 e. The van der Waals surface area contributed by atoms with Gasteiger partial charge >= 0.3 is 0 Å². The lowest BCUT2D eigenvalue weighted by molar-refractivity contribution is 0.0915. The molecule has 0 aromatic heterocycles. The van der Waals surface area contributed by atoms with Gasteiger partial charge in [0, 0.05) is 18.2 Å². The minimum atomic E-state index is 0.252. The SMILES string of the molecule is Cc1ccc(C(=O)CN(CC(C)C)C2CC2)cc1. The second kappa shape index (κ2) is 5.66. The molecule has 0 aliphatic heterocycles. The van der Waals surface area contributed by atoms with Gasteiger partial charge in [-0.1, -0.05) is 43.7 Å². The lowest BCUT2D eigenvalue weighted by Crippen LogP contribution is -2.34. The summed E-state index contributed by atoms with van der Waals surface area (Å²) in [4.78, 5) is 14.6. The molecule has 1 saturated carbocycles. The lowest BCUT2D eigenvalue weighted by Gasteiger charge is -2.23. The molecule has 0 atom stereocenters.